The second-order valence-electron chi connectivity index (χ2n) is 6.83. The number of nitrogen functional groups attached to an aromatic ring is 1. The molecule has 1 aliphatic heterocycles. The van der Waals surface area contributed by atoms with Crippen molar-refractivity contribution in [3.8, 4) is 5.82 Å². The molecule has 29 heavy (non-hydrogen) atoms. The van der Waals surface area contributed by atoms with E-state index in [2.05, 4.69) is 37.4 Å². The van der Waals surface area contributed by atoms with Gasteiger partial charge in [0.25, 0.3) is 0 Å². The molecule has 1 aliphatic rings. The number of rotatable bonds is 4. The standard InChI is InChI=1S/C21H21N7O/c22-20-25-21(24-16-5-7-17(8-6-16)27-11-13-29-14-12-27)28(26-20)19-18-4-2-1-3-15(18)9-10-23-19/h1-10H,11-14H2,(H3,22,24,25,26). The van der Waals surface area contributed by atoms with Crippen LogP contribution in [0.3, 0.4) is 0 Å². The van der Waals surface area contributed by atoms with E-state index in [1.54, 1.807) is 10.9 Å². The number of pyridine rings is 1. The molecule has 0 bridgehead atoms. The number of benzene rings is 2. The van der Waals surface area contributed by atoms with Gasteiger partial charge in [-0.15, -0.1) is 5.10 Å². The lowest BCUT2D eigenvalue weighted by molar-refractivity contribution is 0.122. The number of morpholine rings is 1. The van der Waals surface area contributed by atoms with Crippen molar-refractivity contribution in [2.75, 3.05) is 42.3 Å². The van der Waals surface area contributed by atoms with Crippen LogP contribution < -0.4 is 16.0 Å². The quantitative estimate of drug-likeness (QED) is 0.556. The molecule has 0 amide bonds. The first-order valence-electron chi connectivity index (χ1n) is 9.54. The summed E-state index contributed by atoms with van der Waals surface area (Å²) < 4.78 is 7.07. The van der Waals surface area contributed by atoms with Crippen LogP contribution in [0.2, 0.25) is 0 Å². The van der Waals surface area contributed by atoms with Gasteiger partial charge in [-0.1, -0.05) is 24.3 Å². The van der Waals surface area contributed by atoms with Crippen molar-refractivity contribution in [2.45, 2.75) is 0 Å². The third-order valence-electron chi connectivity index (χ3n) is 4.98. The van der Waals surface area contributed by atoms with Gasteiger partial charge >= 0.3 is 0 Å². The van der Waals surface area contributed by atoms with E-state index in [4.69, 9.17) is 10.5 Å². The number of hydrogen-bond acceptors (Lipinski definition) is 7. The maximum atomic E-state index is 5.91. The van der Waals surface area contributed by atoms with Crippen LogP contribution in [0.15, 0.2) is 60.8 Å². The molecule has 0 atom stereocenters. The zero-order valence-electron chi connectivity index (χ0n) is 15.8. The molecule has 4 aromatic rings. The van der Waals surface area contributed by atoms with Crippen molar-refractivity contribution in [3.63, 3.8) is 0 Å². The van der Waals surface area contributed by atoms with Crippen LogP contribution in [-0.4, -0.2) is 46.1 Å². The van der Waals surface area contributed by atoms with Gasteiger partial charge < -0.3 is 20.7 Å². The van der Waals surface area contributed by atoms with E-state index in [9.17, 15) is 0 Å². The minimum absolute atomic E-state index is 0.187. The number of hydrogen-bond donors (Lipinski definition) is 2. The summed E-state index contributed by atoms with van der Waals surface area (Å²) in [6.45, 7) is 3.34. The summed E-state index contributed by atoms with van der Waals surface area (Å²) in [5.41, 5.74) is 7.98. The molecule has 1 saturated heterocycles. The highest BCUT2D eigenvalue weighted by Gasteiger charge is 2.15. The Morgan fingerprint density at radius 1 is 0.966 bits per heavy atom. The SMILES string of the molecule is Nc1nc(Nc2ccc(N3CCOCC3)cc2)n(-c2nccc3ccccc23)n1. The van der Waals surface area contributed by atoms with Crippen LogP contribution in [0.1, 0.15) is 0 Å². The van der Waals surface area contributed by atoms with Gasteiger partial charge in [-0.3, -0.25) is 0 Å². The number of anilines is 4. The predicted octanol–water partition coefficient (Wildman–Crippen LogP) is 2.98. The summed E-state index contributed by atoms with van der Waals surface area (Å²) in [6, 6.07) is 18.2. The maximum Gasteiger partial charge on any atom is 0.241 e. The molecule has 8 nitrogen and oxygen atoms in total. The average molecular weight is 387 g/mol. The number of nitrogens with one attached hydrogen (secondary N) is 1. The normalized spacial score (nSPS) is 14.3. The summed E-state index contributed by atoms with van der Waals surface area (Å²) in [5.74, 6) is 1.39. The van der Waals surface area contributed by atoms with Gasteiger partial charge in [0, 0.05) is 36.0 Å². The minimum Gasteiger partial charge on any atom is -0.378 e. The van der Waals surface area contributed by atoms with Gasteiger partial charge in [0.05, 0.1) is 13.2 Å². The van der Waals surface area contributed by atoms with Crippen molar-refractivity contribution >= 4 is 34.0 Å². The molecule has 2 aromatic heterocycles. The molecule has 3 N–H and O–H groups in total. The summed E-state index contributed by atoms with van der Waals surface area (Å²) in [5, 5.41) is 9.72. The van der Waals surface area contributed by atoms with Gasteiger partial charge in [0.2, 0.25) is 11.9 Å². The van der Waals surface area contributed by atoms with Crippen molar-refractivity contribution in [3.05, 3.63) is 60.8 Å². The van der Waals surface area contributed by atoms with Gasteiger partial charge in [-0.2, -0.15) is 9.67 Å². The summed E-state index contributed by atoms with van der Waals surface area (Å²) >= 11 is 0. The number of ether oxygens (including phenoxy) is 1. The minimum atomic E-state index is 0.187. The molecular formula is C21H21N7O. The van der Waals surface area contributed by atoms with Crippen molar-refractivity contribution in [2.24, 2.45) is 0 Å². The third kappa shape index (κ3) is 3.45. The first-order valence-corrected chi connectivity index (χ1v) is 9.54. The molecule has 5 rings (SSSR count). The maximum absolute atomic E-state index is 5.91. The highest BCUT2D eigenvalue weighted by Crippen LogP contribution is 2.25. The van der Waals surface area contributed by atoms with E-state index in [-0.39, 0.29) is 5.95 Å². The third-order valence-corrected chi connectivity index (χ3v) is 4.98. The molecule has 146 valence electrons. The van der Waals surface area contributed by atoms with E-state index in [1.165, 1.54) is 5.69 Å². The molecule has 1 fully saturated rings. The lowest BCUT2D eigenvalue weighted by Gasteiger charge is -2.28. The van der Waals surface area contributed by atoms with E-state index < -0.39 is 0 Å². The predicted molar refractivity (Wildman–Crippen MR) is 114 cm³/mol. The van der Waals surface area contributed by atoms with Crippen LogP contribution in [0.5, 0.6) is 0 Å². The smallest absolute Gasteiger partial charge is 0.241 e. The van der Waals surface area contributed by atoms with Crippen LogP contribution in [-0.2, 0) is 4.74 Å². The molecule has 8 heteroatoms. The van der Waals surface area contributed by atoms with Crippen molar-refractivity contribution < 1.29 is 4.74 Å². The van der Waals surface area contributed by atoms with E-state index in [0.717, 1.165) is 42.8 Å². The summed E-state index contributed by atoms with van der Waals surface area (Å²) in [4.78, 5) is 11.2. The highest BCUT2D eigenvalue weighted by atomic mass is 16.5. The lowest BCUT2D eigenvalue weighted by Crippen LogP contribution is -2.36. The van der Waals surface area contributed by atoms with Crippen molar-refractivity contribution in [1.29, 1.82) is 0 Å². The molecule has 0 saturated carbocycles. The fraction of sp³-hybridized carbons (Fsp3) is 0.190. The van der Waals surface area contributed by atoms with Crippen LogP contribution in [0, 0.1) is 0 Å². The van der Waals surface area contributed by atoms with E-state index in [0.29, 0.717) is 11.8 Å². The Labute approximate surface area is 167 Å². The monoisotopic (exact) mass is 387 g/mol. The van der Waals surface area contributed by atoms with Gasteiger partial charge in [-0.25, -0.2) is 4.98 Å². The Bertz CT molecular complexity index is 1130. The lowest BCUT2D eigenvalue weighted by atomic mass is 10.1. The summed E-state index contributed by atoms with van der Waals surface area (Å²) in [6.07, 6.45) is 1.76. The number of aromatic nitrogens is 4. The molecular weight excluding hydrogens is 366 g/mol. The fourth-order valence-electron chi connectivity index (χ4n) is 3.54. The Balaban J connectivity index is 1.45. The Morgan fingerprint density at radius 3 is 2.59 bits per heavy atom. The molecule has 0 aliphatic carbocycles. The van der Waals surface area contributed by atoms with E-state index in [1.807, 2.05) is 42.5 Å². The van der Waals surface area contributed by atoms with Gasteiger partial charge in [-0.05, 0) is 35.7 Å². The Morgan fingerprint density at radius 2 is 1.76 bits per heavy atom. The number of nitrogens with two attached hydrogens (primary N) is 1. The second kappa shape index (κ2) is 7.40. The number of nitrogens with zero attached hydrogens (tertiary/aromatic N) is 5. The molecule has 0 unspecified atom stereocenters. The largest absolute Gasteiger partial charge is 0.378 e. The molecule has 3 heterocycles. The van der Waals surface area contributed by atoms with Crippen LogP contribution in [0.25, 0.3) is 16.6 Å². The van der Waals surface area contributed by atoms with Gasteiger partial charge in [0.15, 0.2) is 5.82 Å². The Kier molecular flexibility index (Phi) is 4.45. The first kappa shape index (κ1) is 17.4. The van der Waals surface area contributed by atoms with Gasteiger partial charge in [0.1, 0.15) is 0 Å². The highest BCUT2D eigenvalue weighted by molar-refractivity contribution is 5.88. The molecule has 2 aromatic carbocycles. The first-order chi connectivity index (χ1) is 14.3. The van der Waals surface area contributed by atoms with Crippen LogP contribution >= 0.6 is 0 Å². The van der Waals surface area contributed by atoms with Crippen molar-refractivity contribution in [1.82, 2.24) is 19.7 Å². The average Bonchev–Trinajstić information content (AvgIpc) is 3.14. The second-order valence-corrected chi connectivity index (χ2v) is 6.83. The van der Waals surface area contributed by atoms with E-state index >= 15 is 0 Å². The molecule has 0 radical (unpaired) electrons. The Hall–Kier alpha value is -3.65. The fourth-order valence-corrected chi connectivity index (χ4v) is 3.54. The topological polar surface area (TPSA) is 94.1 Å². The summed E-state index contributed by atoms with van der Waals surface area (Å²) in [7, 11) is 0. The molecule has 0 spiro atoms. The van der Waals surface area contributed by atoms with Crippen LogP contribution in [0.4, 0.5) is 23.3 Å². The zero-order chi connectivity index (χ0) is 19.6. The zero-order valence-corrected chi connectivity index (χ0v) is 15.8. The number of fused-ring (bicyclic) bond motifs is 1.